The molecule has 0 amide bonds. The SMILES string of the molecule is CC(C)(C)C(=[OH+])OC(CO)C(N)C(C)(C)C. The Labute approximate surface area is 98.2 Å². The lowest BCUT2D eigenvalue weighted by atomic mass is 9.84. The summed E-state index contributed by atoms with van der Waals surface area (Å²) >= 11 is 0. The van der Waals surface area contributed by atoms with E-state index in [2.05, 4.69) is 0 Å². The first-order chi connectivity index (χ1) is 7.00. The molecular weight excluding hydrogens is 206 g/mol. The maximum Gasteiger partial charge on any atom is 0.488 e. The predicted octanol–water partition coefficient (Wildman–Crippen LogP) is 1.29. The fourth-order valence-electron chi connectivity index (χ4n) is 1.10. The summed E-state index contributed by atoms with van der Waals surface area (Å²) in [6, 6.07) is -0.345. The molecule has 0 spiro atoms. The van der Waals surface area contributed by atoms with Crippen LogP contribution in [0.2, 0.25) is 0 Å². The second-order valence-electron chi connectivity index (χ2n) is 6.29. The average Bonchev–Trinajstić information content (AvgIpc) is 2.09. The van der Waals surface area contributed by atoms with Gasteiger partial charge in [-0.2, -0.15) is 0 Å². The predicted molar refractivity (Wildman–Crippen MR) is 65.8 cm³/mol. The van der Waals surface area contributed by atoms with Crippen molar-refractivity contribution in [1.29, 1.82) is 0 Å². The maximum atomic E-state index is 9.73. The molecule has 0 radical (unpaired) electrons. The Morgan fingerprint density at radius 3 is 1.94 bits per heavy atom. The minimum absolute atomic E-state index is 0.0914. The van der Waals surface area contributed by atoms with Crippen LogP contribution in [0.4, 0.5) is 0 Å². The van der Waals surface area contributed by atoms with Crippen molar-refractivity contribution in [3.8, 4) is 0 Å². The molecule has 0 aromatic heterocycles. The fraction of sp³-hybridized carbons (Fsp3) is 0.917. The highest BCUT2D eigenvalue weighted by Gasteiger charge is 2.40. The molecule has 2 unspecified atom stereocenters. The van der Waals surface area contributed by atoms with E-state index in [1.165, 1.54) is 0 Å². The van der Waals surface area contributed by atoms with Crippen molar-refractivity contribution in [3.63, 3.8) is 0 Å². The molecule has 4 heteroatoms. The van der Waals surface area contributed by atoms with Gasteiger partial charge in [-0.15, -0.1) is 0 Å². The van der Waals surface area contributed by atoms with Crippen molar-refractivity contribution in [3.05, 3.63) is 0 Å². The summed E-state index contributed by atoms with van der Waals surface area (Å²) in [5.41, 5.74) is 5.33. The Bertz CT molecular complexity index is 238. The van der Waals surface area contributed by atoms with Crippen molar-refractivity contribution in [2.45, 2.75) is 53.7 Å². The van der Waals surface area contributed by atoms with Gasteiger partial charge in [0.1, 0.15) is 12.0 Å². The zero-order valence-electron chi connectivity index (χ0n) is 11.2. The Hall–Kier alpha value is -0.610. The van der Waals surface area contributed by atoms with E-state index in [4.69, 9.17) is 10.5 Å². The van der Waals surface area contributed by atoms with Crippen LogP contribution < -0.4 is 5.73 Å². The lowest BCUT2D eigenvalue weighted by Crippen LogP contribution is -2.50. The number of hydrogen-bond acceptors (Lipinski definition) is 3. The largest absolute Gasteiger partial charge is 0.488 e. The standard InChI is InChI=1S/C12H25NO3/c1-11(2,3)9(13)8(7-14)16-10(15)12(4,5)6/h8-9,14H,7,13H2,1-6H3/p+1. The first kappa shape index (κ1) is 15.4. The van der Waals surface area contributed by atoms with E-state index in [0.717, 1.165) is 0 Å². The van der Waals surface area contributed by atoms with Crippen LogP contribution in [0.5, 0.6) is 0 Å². The maximum absolute atomic E-state index is 9.73. The van der Waals surface area contributed by atoms with Gasteiger partial charge in [-0.1, -0.05) is 20.8 Å². The van der Waals surface area contributed by atoms with Crippen molar-refractivity contribution in [2.24, 2.45) is 16.6 Å². The number of hydrogen-bond donors (Lipinski definition) is 2. The van der Waals surface area contributed by atoms with Gasteiger partial charge < -0.3 is 20.4 Å². The van der Waals surface area contributed by atoms with Gasteiger partial charge in [0.2, 0.25) is 6.10 Å². The first-order valence-electron chi connectivity index (χ1n) is 5.59. The summed E-state index contributed by atoms with van der Waals surface area (Å²) in [5, 5.41) is 9.24. The van der Waals surface area contributed by atoms with Crippen LogP contribution in [0.1, 0.15) is 41.5 Å². The molecule has 2 atom stereocenters. The summed E-state index contributed by atoms with van der Waals surface area (Å²) in [7, 11) is 0. The number of ether oxygens (including phenoxy) is 1. The number of aliphatic hydroxyl groups is 1. The Balaban J connectivity index is 4.61. The van der Waals surface area contributed by atoms with E-state index in [1.807, 2.05) is 41.5 Å². The van der Waals surface area contributed by atoms with Gasteiger partial charge in [0.15, 0.2) is 0 Å². The van der Waals surface area contributed by atoms with Crippen LogP contribution in [0, 0.1) is 10.8 Å². The molecule has 4 N–H and O–H groups in total. The molecule has 0 aromatic rings. The molecule has 0 aliphatic carbocycles. The highest BCUT2D eigenvalue weighted by molar-refractivity contribution is 5.76. The zero-order chi connectivity index (χ0) is 13.1. The molecular formula is C12H26NO3+. The van der Waals surface area contributed by atoms with Gasteiger partial charge in [0.05, 0.1) is 6.04 Å². The quantitative estimate of drug-likeness (QED) is 0.568. The molecule has 0 aliphatic heterocycles. The molecule has 0 aromatic carbocycles. The highest BCUT2D eigenvalue weighted by atomic mass is 16.6. The van der Waals surface area contributed by atoms with Crippen molar-refractivity contribution >= 4 is 5.97 Å². The summed E-state index contributed by atoms with van der Waals surface area (Å²) in [5.74, 6) is -0.0914. The summed E-state index contributed by atoms with van der Waals surface area (Å²) in [6.07, 6.45) is -0.584. The Morgan fingerprint density at radius 2 is 1.69 bits per heavy atom. The zero-order valence-corrected chi connectivity index (χ0v) is 11.2. The smallest absolute Gasteiger partial charge is 0.390 e. The third kappa shape index (κ3) is 4.49. The van der Waals surface area contributed by atoms with Gasteiger partial charge >= 0.3 is 5.97 Å². The van der Waals surface area contributed by atoms with E-state index in [0.29, 0.717) is 0 Å². The van der Waals surface area contributed by atoms with E-state index in [1.54, 1.807) is 0 Å². The Kier molecular flexibility index (Phi) is 4.95. The van der Waals surface area contributed by atoms with Gasteiger partial charge in [0.25, 0.3) is 0 Å². The molecule has 16 heavy (non-hydrogen) atoms. The molecule has 0 bridgehead atoms. The van der Waals surface area contributed by atoms with Gasteiger partial charge in [0, 0.05) is 0 Å². The number of carbonyl (C=O) groups excluding carboxylic acids is 1. The molecule has 4 nitrogen and oxygen atoms in total. The molecule has 0 heterocycles. The summed E-state index contributed by atoms with van der Waals surface area (Å²) < 4.78 is 5.35. The number of rotatable bonds is 3. The second kappa shape index (κ2) is 5.15. The third-order valence-corrected chi connectivity index (χ3v) is 2.49. The minimum Gasteiger partial charge on any atom is -0.390 e. The molecule has 96 valence electrons. The molecule has 0 rings (SSSR count). The van der Waals surface area contributed by atoms with Crippen LogP contribution in [-0.4, -0.2) is 34.6 Å². The van der Waals surface area contributed by atoms with Gasteiger partial charge in [-0.3, -0.25) is 0 Å². The lowest BCUT2D eigenvalue weighted by molar-refractivity contribution is 0.0329. The molecule has 0 aliphatic rings. The summed E-state index contributed by atoms with van der Waals surface area (Å²) in [4.78, 5) is 9.73. The van der Waals surface area contributed by atoms with Crippen LogP contribution in [0.25, 0.3) is 0 Å². The fourth-order valence-corrected chi connectivity index (χ4v) is 1.10. The first-order valence-corrected chi connectivity index (χ1v) is 5.59. The van der Waals surface area contributed by atoms with Crippen LogP contribution >= 0.6 is 0 Å². The van der Waals surface area contributed by atoms with Crippen molar-refractivity contribution in [2.75, 3.05) is 6.61 Å². The highest BCUT2D eigenvalue weighted by Crippen LogP contribution is 2.23. The number of esters is 1. The van der Waals surface area contributed by atoms with E-state index >= 15 is 0 Å². The topological polar surface area (TPSA) is 76.9 Å². The van der Waals surface area contributed by atoms with Crippen molar-refractivity contribution < 1.29 is 14.6 Å². The number of aliphatic hydroxyl groups excluding tert-OH is 1. The Morgan fingerprint density at radius 1 is 1.25 bits per heavy atom. The molecule has 0 fully saturated rings. The lowest BCUT2D eigenvalue weighted by Gasteiger charge is -2.29. The van der Waals surface area contributed by atoms with E-state index in [9.17, 15) is 9.90 Å². The third-order valence-electron chi connectivity index (χ3n) is 2.49. The van der Waals surface area contributed by atoms with Gasteiger partial charge in [-0.25, -0.2) is 0 Å². The van der Waals surface area contributed by atoms with Crippen LogP contribution in [0.3, 0.4) is 0 Å². The molecule has 0 saturated heterocycles. The normalized spacial score (nSPS) is 16.8. The van der Waals surface area contributed by atoms with Crippen LogP contribution in [0.15, 0.2) is 0 Å². The van der Waals surface area contributed by atoms with Gasteiger partial charge in [-0.05, 0) is 26.2 Å². The summed E-state index contributed by atoms with van der Waals surface area (Å²) in [6.45, 7) is 11.2. The van der Waals surface area contributed by atoms with Crippen molar-refractivity contribution in [1.82, 2.24) is 0 Å². The average molecular weight is 232 g/mol. The second-order valence-corrected chi connectivity index (χ2v) is 6.29. The van der Waals surface area contributed by atoms with Crippen LogP contribution in [-0.2, 0) is 4.74 Å². The number of nitrogens with two attached hydrogens (primary N) is 1. The minimum atomic E-state index is -0.584. The molecule has 0 saturated carbocycles. The monoisotopic (exact) mass is 232 g/mol. The van der Waals surface area contributed by atoms with E-state index in [-0.39, 0.29) is 24.0 Å². The van der Waals surface area contributed by atoms with E-state index < -0.39 is 11.5 Å².